The van der Waals surface area contributed by atoms with Crippen molar-refractivity contribution in [1.29, 1.82) is 0 Å². The van der Waals surface area contributed by atoms with Gasteiger partial charge in [-0.15, -0.1) is 5.10 Å². The molecule has 1 saturated heterocycles. The highest BCUT2D eigenvalue weighted by Crippen LogP contribution is 2.44. The third-order valence-corrected chi connectivity index (χ3v) is 5.92. The topological polar surface area (TPSA) is 102 Å². The Labute approximate surface area is 170 Å². The normalized spacial score (nSPS) is 18.9. The maximum atomic E-state index is 15.2. The Hall–Kier alpha value is -3.43. The van der Waals surface area contributed by atoms with Gasteiger partial charge in [-0.1, -0.05) is 5.21 Å². The van der Waals surface area contributed by atoms with Gasteiger partial charge in [0.2, 0.25) is 0 Å². The van der Waals surface area contributed by atoms with E-state index in [-0.39, 0.29) is 17.7 Å². The fourth-order valence-electron chi connectivity index (χ4n) is 4.45. The molecule has 1 aliphatic heterocycles. The summed E-state index contributed by atoms with van der Waals surface area (Å²) in [6.45, 7) is 3.04. The summed E-state index contributed by atoms with van der Waals surface area (Å²) >= 11 is 0. The smallest absolute Gasteiger partial charge is 0.449 e. The largest absolute Gasteiger partial charge is 0.511 e. The van der Waals surface area contributed by atoms with Crippen molar-refractivity contribution in [1.82, 2.24) is 19.4 Å². The van der Waals surface area contributed by atoms with E-state index in [1.54, 1.807) is 24.0 Å². The highest BCUT2D eigenvalue weighted by Gasteiger charge is 2.32. The second-order valence-electron chi connectivity index (χ2n) is 7.85. The maximum Gasteiger partial charge on any atom is 0.511 e. The van der Waals surface area contributed by atoms with Crippen LogP contribution in [0.4, 0.5) is 14.9 Å². The van der Waals surface area contributed by atoms with Crippen LogP contribution in [0.25, 0.3) is 5.52 Å². The number of nitrogens with zero attached hydrogens (tertiary/aromatic N) is 5. The van der Waals surface area contributed by atoms with Crippen LogP contribution < -0.4 is 15.2 Å². The van der Waals surface area contributed by atoms with Crippen molar-refractivity contribution < 1.29 is 19.0 Å². The maximum absolute atomic E-state index is 15.2. The van der Waals surface area contributed by atoms with Crippen LogP contribution in [-0.4, -0.2) is 43.7 Å². The molecule has 156 valence electrons. The lowest BCUT2D eigenvalue weighted by Gasteiger charge is -2.24. The highest BCUT2D eigenvalue weighted by molar-refractivity contribution is 5.74. The number of rotatable bonds is 4. The molecule has 0 aromatic carbocycles. The van der Waals surface area contributed by atoms with Crippen LogP contribution >= 0.6 is 0 Å². The summed E-state index contributed by atoms with van der Waals surface area (Å²) in [6, 6.07) is 1.60. The third-order valence-electron chi connectivity index (χ3n) is 5.92. The van der Waals surface area contributed by atoms with Crippen LogP contribution in [0, 0.1) is 12.7 Å². The number of carbonyl (C=O) groups is 1. The average molecular weight is 413 g/mol. The number of aromatic nitrogens is 4. The molecule has 2 aliphatic rings. The molecule has 0 spiro atoms. The summed E-state index contributed by atoms with van der Waals surface area (Å²) < 4.78 is 22.9. The highest BCUT2D eigenvalue weighted by atomic mass is 19.1. The number of aryl methyl sites for hydroxylation is 1. The van der Waals surface area contributed by atoms with Crippen molar-refractivity contribution in [3.63, 3.8) is 0 Å². The monoisotopic (exact) mass is 413 g/mol. The van der Waals surface area contributed by atoms with Crippen LogP contribution in [0.5, 0.6) is 5.75 Å². The van der Waals surface area contributed by atoms with Gasteiger partial charge >= 0.3 is 6.16 Å². The zero-order valence-corrected chi connectivity index (χ0v) is 16.3. The van der Waals surface area contributed by atoms with E-state index < -0.39 is 17.5 Å². The summed E-state index contributed by atoms with van der Waals surface area (Å²) in [5.41, 5.74) is 1.88. The molecule has 0 amide bonds. The quantitative estimate of drug-likeness (QED) is 0.656. The molecule has 5 rings (SSSR count). The Morgan fingerprint density at radius 1 is 1.33 bits per heavy atom. The van der Waals surface area contributed by atoms with E-state index in [9.17, 15) is 9.59 Å². The molecule has 3 aromatic rings. The van der Waals surface area contributed by atoms with E-state index in [1.165, 1.54) is 10.5 Å². The van der Waals surface area contributed by atoms with Crippen LogP contribution in [0.1, 0.15) is 42.3 Å². The van der Waals surface area contributed by atoms with Crippen molar-refractivity contribution in [2.24, 2.45) is 0 Å². The van der Waals surface area contributed by atoms with Gasteiger partial charge in [0.1, 0.15) is 0 Å². The van der Waals surface area contributed by atoms with Gasteiger partial charge in [-0.25, -0.2) is 13.9 Å². The average Bonchev–Trinajstić information content (AvgIpc) is 3.18. The van der Waals surface area contributed by atoms with Crippen molar-refractivity contribution in [2.75, 3.05) is 18.0 Å². The van der Waals surface area contributed by atoms with Gasteiger partial charge < -0.3 is 14.7 Å². The molecular formula is C20H20FN5O4. The number of carboxylic acid groups (broad SMARTS) is 1. The van der Waals surface area contributed by atoms with Crippen LogP contribution in [-0.2, 0) is 0 Å². The second kappa shape index (κ2) is 6.82. The molecule has 0 bridgehead atoms. The van der Waals surface area contributed by atoms with Crippen LogP contribution in [0.15, 0.2) is 29.5 Å². The Bertz CT molecular complexity index is 1200. The van der Waals surface area contributed by atoms with Gasteiger partial charge in [-0.3, -0.25) is 9.20 Å². The molecule has 1 aliphatic carbocycles. The molecule has 4 heterocycles. The summed E-state index contributed by atoms with van der Waals surface area (Å²) in [4.78, 5) is 25.7. The number of hydrogen-bond acceptors (Lipinski definition) is 6. The Balaban J connectivity index is 1.63. The molecule has 2 fully saturated rings. The van der Waals surface area contributed by atoms with Gasteiger partial charge in [0.15, 0.2) is 11.6 Å². The molecule has 1 saturated carbocycles. The van der Waals surface area contributed by atoms with E-state index in [0.29, 0.717) is 29.9 Å². The number of halogens is 1. The zero-order chi connectivity index (χ0) is 21.0. The third kappa shape index (κ3) is 2.99. The molecule has 3 aromatic heterocycles. The van der Waals surface area contributed by atoms with E-state index in [4.69, 9.17) is 5.11 Å². The first kappa shape index (κ1) is 18.6. The van der Waals surface area contributed by atoms with E-state index in [2.05, 4.69) is 15.0 Å². The van der Waals surface area contributed by atoms with Crippen LogP contribution in [0.3, 0.4) is 0 Å². The minimum atomic E-state index is -1.57. The second-order valence-corrected chi connectivity index (χ2v) is 7.85. The predicted octanol–water partition coefficient (Wildman–Crippen LogP) is 2.72. The Morgan fingerprint density at radius 3 is 2.80 bits per heavy atom. The summed E-state index contributed by atoms with van der Waals surface area (Å²) in [6.07, 6.45) is 5.67. The molecule has 9 nitrogen and oxygen atoms in total. The van der Waals surface area contributed by atoms with Crippen LogP contribution in [0.2, 0.25) is 0 Å². The number of fused-ring (bicyclic) bond motifs is 1. The van der Waals surface area contributed by atoms with Crippen molar-refractivity contribution in [3.05, 3.63) is 52.0 Å². The molecule has 1 N–H and O–H groups in total. The molecule has 1 unspecified atom stereocenters. The molecule has 30 heavy (non-hydrogen) atoms. The Kier molecular flexibility index (Phi) is 4.23. The number of hydrogen-bond donors (Lipinski definition) is 1. The van der Waals surface area contributed by atoms with Crippen molar-refractivity contribution in [3.8, 4) is 5.75 Å². The summed E-state index contributed by atoms with van der Waals surface area (Å²) in [5.74, 6) is -0.633. The van der Waals surface area contributed by atoms with E-state index >= 15 is 4.39 Å². The summed E-state index contributed by atoms with van der Waals surface area (Å²) in [7, 11) is 0. The van der Waals surface area contributed by atoms with E-state index in [0.717, 1.165) is 31.0 Å². The van der Waals surface area contributed by atoms with Gasteiger partial charge in [-0.05, 0) is 49.3 Å². The molecule has 0 radical (unpaired) electrons. The van der Waals surface area contributed by atoms with Gasteiger partial charge in [0, 0.05) is 19.3 Å². The van der Waals surface area contributed by atoms with Crippen molar-refractivity contribution in [2.45, 2.75) is 38.1 Å². The number of pyridine rings is 2. The SMILES string of the molecule is Cc1c(N2CCC(n3ccnn3)C2)c(F)cn2c(=O)c(OC(=O)O)cc(C3CC3)c12. The van der Waals surface area contributed by atoms with Gasteiger partial charge in [0.05, 0.1) is 29.6 Å². The lowest BCUT2D eigenvalue weighted by atomic mass is 10.0. The van der Waals surface area contributed by atoms with Crippen molar-refractivity contribution >= 4 is 17.4 Å². The minimum Gasteiger partial charge on any atom is -0.449 e. The predicted molar refractivity (Wildman–Crippen MR) is 105 cm³/mol. The molecule has 10 heteroatoms. The number of anilines is 1. The van der Waals surface area contributed by atoms with Gasteiger partial charge in [-0.2, -0.15) is 0 Å². The first-order valence-electron chi connectivity index (χ1n) is 9.84. The molecule has 1 atom stereocenters. The summed E-state index contributed by atoms with van der Waals surface area (Å²) in [5, 5.41) is 16.8. The standard InChI is InChI=1S/C20H20FN5O4/c1-11-17-14(12-2-3-12)8-16(30-20(28)29)19(27)25(17)10-15(21)18(11)24-6-4-13(9-24)26-7-5-22-23-26/h5,7-8,10,12-13H,2-4,6,9H2,1H3,(H,28,29). The molecular weight excluding hydrogens is 393 g/mol. The fourth-order valence-corrected chi connectivity index (χ4v) is 4.45. The lowest BCUT2D eigenvalue weighted by Crippen LogP contribution is -2.26. The van der Waals surface area contributed by atoms with Gasteiger partial charge in [0.25, 0.3) is 5.56 Å². The minimum absolute atomic E-state index is 0.0963. The first-order valence-corrected chi connectivity index (χ1v) is 9.84. The fraction of sp³-hybridized carbons (Fsp3) is 0.400. The Morgan fingerprint density at radius 2 is 2.13 bits per heavy atom. The first-order chi connectivity index (χ1) is 14.4. The lowest BCUT2D eigenvalue weighted by molar-refractivity contribution is 0.143. The number of ether oxygens (including phenoxy) is 1. The van der Waals surface area contributed by atoms with E-state index in [1.807, 2.05) is 4.90 Å². The zero-order valence-electron chi connectivity index (χ0n) is 16.3.